The van der Waals surface area contributed by atoms with Crippen LogP contribution in [-0.4, -0.2) is 52.3 Å². The van der Waals surface area contributed by atoms with Crippen LogP contribution in [0.2, 0.25) is 0 Å². The van der Waals surface area contributed by atoms with Crippen molar-refractivity contribution in [3.05, 3.63) is 65.2 Å². The van der Waals surface area contributed by atoms with Gasteiger partial charge in [-0.1, -0.05) is 36.4 Å². The molecule has 2 heterocycles. The van der Waals surface area contributed by atoms with Crippen molar-refractivity contribution in [2.75, 3.05) is 19.6 Å². The molecule has 3 atom stereocenters. The minimum Gasteiger partial charge on any atom is -0.508 e. The molecule has 202 valence electrons. The van der Waals surface area contributed by atoms with Gasteiger partial charge in [-0.3, -0.25) is 9.69 Å². The number of hydrogen-bond donors (Lipinski definition) is 3. The van der Waals surface area contributed by atoms with Gasteiger partial charge in [0.1, 0.15) is 5.75 Å². The summed E-state index contributed by atoms with van der Waals surface area (Å²) in [6.07, 6.45) is 4.50. The minimum absolute atomic E-state index is 0.0285. The Labute approximate surface area is 224 Å². The summed E-state index contributed by atoms with van der Waals surface area (Å²) in [6, 6.07) is 16.5. The van der Waals surface area contributed by atoms with Crippen molar-refractivity contribution in [3.63, 3.8) is 0 Å². The van der Waals surface area contributed by atoms with Crippen molar-refractivity contribution < 1.29 is 15.0 Å². The molecule has 0 spiro atoms. The van der Waals surface area contributed by atoms with Crippen LogP contribution >= 0.6 is 0 Å². The van der Waals surface area contributed by atoms with Crippen LogP contribution < -0.4 is 5.32 Å². The average molecular weight is 519 g/mol. The van der Waals surface area contributed by atoms with Crippen molar-refractivity contribution in [1.82, 2.24) is 10.2 Å². The second kappa shape index (κ2) is 10.9. The molecule has 2 aromatic carbocycles. The highest BCUT2D eigenvalue weighted by Gasteiger charge is 2.46. The van der Waals surface area contributed by atoms with Crippen LogP contribution in [-0.2, 0) is 10.5 Å². The molecule has 2 fully saturated rings. The first-order valence-corrected chi connectivity index (χ1v) is 13.7. The smallest absolute Gasteiger partial charge is 0.303 e. The van der Waals surface area contributed by atoms with E-state index in [1.807, 2.05) is 12.1 Å². The number of aromatic hydroxyl groups is 1. The number of phenolic OH excluding ortho intramolecular Hbond substituents is 1. The number of rotatable bonds is 11. The number of unbranched alkanes of at least 4 members (excludes halogenated alkanes) is 1. The SMILES string of the molecule is CC1CN(CC2CC2)C(C)([C@H](c2ccc(C3(CCCCC(=O)O)N=NN=N3)cc2)c2cccc(O)c2)CN1. The number of carbonyl (C=O) groups is 1. The molecular formula is C29H38N6O3. The number of aliphatic carboxylic acids is 1. The van der Waals surface area contributed by atoms with Gasteiger partial charge in [0.15, 0.2) is 0 Å². The maximum Gasteiger partial charge on any atom is 0.303 e. The lowest BCUT2D eigenvalue weighted by Gasteiger charge is -2.52. The number of carboxylic acids is 1. The third-order valence-corrected chi connectivity index (χ3v) is 8.36. The molecule has 9 heteroatoms. The van der Waals surface area contributed by atoms with Gasteiger partial charge in [-0.25, -0.2) is 0 Å². The second-order valence-corrected chi connectivity index (χ2v) is 11.4. The Morgan fingerprint density at radius 3 is 2.50 bits per heavy atom. The molecule has 5 rings (SSSR count). The van der Waals surface area contributed by atoms with Crippen molar-refractivity contribution in [2.45, 2.75) is 75.5 Å². The van der Waals surface area contributed by atoms with E-state index in [1.54, 1.807) is 6.07 Å². The standard InChI is InChI=1S/C29H38N6O3/c1-20-17-35(18-21-9-10-21)28(2,19-30-20)27(23-6-5-7-25(36)16-23)22-11-13-24(14-12-22)29(31-33-34-32-29)15-4-3-8-26(37)38/h5-7,11-14,16,20-21,27,30,36H,3-4,8-10,15,17-19H2,1-2H3,(H,37,38)/t20?,27-,28?/m1/s1. The van der Waals surface area contributed by atoms with Crippen LogP contribution in [0.5, 0.6) is 5.75 Å². The molecule has 0 amide bonds. The molecule has 0 radical (unpaired) electrons. The largest absolute Gasteiger partial charge is 0.508 e. The minimum atomic E-state index is -0.902. The topological polar surface area (TPSA) is 122 Å². The summed E-state index contributed by atoms with van der Waals surface area (Å²) in [5.74, 6) is 0.268. The first-order chi connectivity index (χ1) is 18.3. The Hall–Kier alpha value is -3.17. The number of carboxylic acid groups (broad SMARTS) is 1. The lowest BCUT2D eigenvalue weighted by molar-refractivity contribution is -0.137. The van der Waals surface area contributed by atoms with Crippen LogP contribution in [0, 0.1) is 5.92 Å². The summed E-state index contributed by atoms with van der Waals surface area (Å²) in [7, 11) is 0. The Bertz CT molecular complexity index is 1180. The highest BCUT2D eigenvalue weighted by molar-refractivity contribution is 5.66. The van der Waals surface area contributed by atoms with Gasteiger partial charge >= 0.3 is 5.97 Å². The maximum absolute atomic E-state index is 10.9. The van der Waals surface area contributed by atoms with E-state index in [9.17, 15) is 9.90 Å². The summed E-state index contributed by atoms with van der Waals surface area (Å²) < 4.78 is 0. The number of hydrogen-bond acceptors (Lipinski definition) is 8. The summed E-state index contributed by atoms with van der Waals surface area (Å²) in [6.45, 7) is 7.52. The predicted molar refractivity (Wildman–Crippen MR) is 144 cm³/mol. The van der Waals surface area contributed by atoms with Crippen LogP contribution in [0.3, 0.4) is 0 Å². The van der Waals surface area contributed by atoms with Crippen molar-refractivity contribution >= 4 is 5.97 Å². The fourth-order valence-electron chi connectivity index (χ4n) is 6.05. The molecule has 3 N–H and O–H groups in total. The van der Waals surface area contributed by atoms with E-state index >= 15 is 0 Å². The van der Waals surface area contributed by atoms with Crippen LogP contribution in [0.15, 0.2) is 69.2 Å². The van der Waals surface area contributed by atoms with E-state index < -0.39 is 11.6 Å². The van der Waals surface area contributed by atoms with Gasteiger partial charge in [-0.2, -0.15) is 0 Å². The molecule has 2 aliphatic heterocycles. The second-order valence-electron chi connectivity index (χ2n) is 11.4. The van der Waals surface area contributed by atoms with Crippen LogP contribution in [0.4, 0.5) is 0 Å². The predicted octanol–water partition coefficient (Wildman–Crippen LogP) is 5.62. The fraction of sp³-hybridized carbons (Fsp3) is 0.552. The molecule has 9 nitrogen and oxygen atoms in total. The van der Waals surface area contributed by atoms with Gasteiger partial charge in [0.05, 0.1) is 0 Å². The van der Waals surface area contributed by atoms with Crippen LogP contribution in [0.1, 0.15) is 75.0 Å². The number of nitrogens with zero attached hydrogens (tertiary/aromatic N) is 5. The zero-order valence-corrected chi connectivity index (χ0v) is 22.3. The summed E-state index contributed by atoms with van der Waals surface area (Å²) >= 11 is 0. The number of phenols is 1. The molecular weight excluding hydrogens is 480 g/mol. The molecule has 1 saturated heterocycles. The van der Waals surface area contributed by atoms with E-state index in [0.717, 1.165) is 42.2 Å². The molecule has 2 unspecified atom stereocenters. The zero-order valence-electron chi connectivity index (χ0n) is 22.3. The Morgan fingerprint density at radius 2 is 1.84 bits per heavy atom. The summed E-state index contributed by atoms with van der Waals surface area (Å²) in [5, 5.41) is 39.4. The van der Waals surface area contributed by atoms with Crippen molar-refractivity contribution in [1.29, 1.82) is 0 Å². The Kier molecular flexibility index (Phi) is 7.59. The maximum atomic E-state index is 10.9. The van der Waals surface area contributed by atoms with E-state index in [-0.39, 0.29) is 23.6 Å². The normalized spacial score (nSPS) is 25.5. The van der Waals surface area contributed by atoms with E-state index in [2.05, 4.69) is 75.1 Å². The first-order valence-electron chi connectivity index (χ1n) is 13.7. The Morgan fingerprint density at radius 1 is 1.11 bits per heavy atom. The molecule has 0 bridgehead atoms. The first kappa shape index (κ1) is 26.4. The van der Waals surface area contributed by atoms with E-state index in [0.29, 0.717) is 25.3 Å². The highest BCUT2D eigenvalue weighted by Crippen LogP contribution is 2.44. The molecule has 3 aliphatic rings. The van der Waals surface area contributed by atoms with E-state index in [4.69, 9.17) is 5.11 Å². The van der Waals surface area contributed by atoms with Crippen molar-refractivity contribution in [2.24, 2.45) is 26.6 Å². The molecule has 38 heavy (non-hydrogen) atoms. The third kappa shape index (κ3) is 5.63. The van der Waals surface area contributed by atoms with Gasteiger partial charge in [0.25, 0.3) is 0 Å². The molecule has 1 aliphatic carbocycles. The number of nitrogens with one attached hydrogen (secondary N) is 1. The molecule has 2 aromatic rings. The van der Waals surface area contributed by atoms with Crippen LogP contribution in [0.25, 0.3) is 0 Å². The Balaban J connectivity index is 1.47. The van der Waals surface area contributed by atoms with Gasteiger partial charge < -0.3 is 15.5 Å². The van der Waals surface area contributed by atoms with Gasteiger partial charge in [-0.15, -0.1) is 10.2 Å². The van der Waals surface area contributed by atoms with Crippen molar-refractivity contribution in [3.8, 4) is 5.75 Å². The third-order valence-electron chi connectivity index (χ3n) is 8.36. The fourth-order valence-corrected chi connectivity index (χ4v) is 6.05. The van der Waals surface area contributed by atoms with Gasteiger partial charge in [0.2, 0.25) is 5.66 Å². The summed E-state index contributed by atoms with van der Waals surface area (Å²) in [5.41, 5.74) is 2.05. The number of piperazine rings is 1. The quantitative estimate of drug-likeness (QED) is 0.333. The highest BCUT2D eigenvalue weighted by atomic mass is 16.4. The zero-order chi connectivity index (χ0) is 26.8. The average Bonchev–Trinajstić information content (AvgIpc) is 3.58. The summed E-state index contributed by atoms with van der Waals surface area (Å²) in [4.78, 5) is 13.6. The van der Waals surface area contributed by atoms with Gasteiger partial charge in [0, 0.05) is 55.5 Å². The lowest BCUT2D eigenvalue weighted by atomic mass is 9.73. The molecule has 1 saturated carbocycles. The van der Waals surface area contributed by atoms with Gasteiger partial charge in [-0.05, 0) is 79.2 Å². The lowest BCUT2D eigenvalue weighted by Crippen LogP contribution is -2.65. The monoisotopic (exact) mass is 518 g/mol. The molecule has 0 aromatic heterocycles. The number of benzene rings is 2. The van der Waals surface area contributed by atoms with E-state index in [1.165, 1.54) is 12.8 Å².